The molecule has 2 rings (SSSR count). The first kappa shape index (κ1) is 18.5. The van der Waals surface area contributed by atoms with Crippen LogP contribution in [-0.4, -0.2) is 23.0 Å². The molecule has 0 radical (unpaired) electrons. The van der Waals surface area contributed by atoms with E-state index < -0.39 is 12.0 Å². The van der Waals surface area contributed by atoms with Crippen LogP contribution < -0.4 is 5.32 Å². The monoisotopic (exact) mass is 337 g/mol. The second-order valence-electron chi connectivity index (χ2n) is 5.90. The molecule has 1 atom stereocenters. The van der Waals surface area contributed by atoms with Crippen molar-refractivity contribution in [1.82, 2.24) is 5.32 Å². The van der Waals surface area contributed by atoms with Gasteiger partial charge in [0.2, 0.25) is 5.91 Å². The summed E-state index contributed by atoms with van der Waals surface area (Å²) in [6.07, 6.45) is 2.40. The zero-order valence-electron chi connectivity index (χ0n) is 14.1. The third-order valence-corrected chi connectivity index (χ3v) is 4.04. The van der Waals surface area contributed by atoms with Crippen LogP contribution >= 0.6 is 0 Å². The van der Waals surface area contributed by atoms with E-state index in [1.165, 1.54) is 0 Å². The quantitative estimate of drug-likeness (QED) is 0.685. The van der Waals surface area contributed by atoms with Crippen LogP contribution in [0.15, 0.2) is 73.3 Å². The van der Waals surface area contributed by atoms with Crippen LogP contribution in [0.25, 0.3) is 0 Å². The van der Waals surface area contributed by atoms with Gasteiger partial charge in [-0.25, -0.2) is 0 Å². The molecule has 130 valence electrons. The minimum absolute atomic E-state index is 0.145. The number of allylic oxidation sites excluding steroid dienone is 1. The molecule has 0 fully saturated rings. The summed E-state index contributed by atoms with van der Waals surface area (Å²) in [6, 6.07) is 18.8. The highest BCUT2D eigenvalue weighted by atomic mass is 16.4. The van der Waals surface area contributed by atoms with Crippen molar-refractivity contribution in [3.63, 3.8) is 0 Å². The molecular weight excluding hydrogens is 314 g/mol. The summed E-state index contributed by atoms with van der Waals surface area (Å²) in [7, 11) is 0. The average molecular weight is 337 g/mol. The Morgan fingerprint density at radius 3 is 1.96 bits per heavy atom. The van der Waals surface area contributed by atoms with Gasteiger partial charge in [0.1, 0.15) is 0 Å². The molecule has 25 heavy (non-hydrogen) atoms. The Labute approximate surface area is 148 Å². The number of carbonyl (C=O) groups is 2. The summed E-state index contributed by atoms with van der Waals surface area (Å²) < 4.78 is 0. The Morgan fingerprint density at radius 2 is 1.52 bits per heavy atom. The Bertz CT molecular complexity index is 658. The molecule has 0 spiro atoms. The predicted molar refractivity (Wildman–Crippen MR) is 98.3 cm³/mol. The zero-order valence-corrected chi connectivity index (χ0v) is 14.1. The Balaban J connectivity index is 2.36. The van der Waals surface area contributed by atoms with Crippen LogP contribution in [0.4, 0.5) is 0 Å². The predicted octanol–water partition coefficient (Wildman–Crippen LogP) is 3.74. The Morgan fingerprint density at radius 1 is 1.00 bits per heavy atom. The van der Waals surface area contributed by atoms with Gasteiger partial charge in [-0.1, -0.05) is 66.7 Å². The lowest BCUT2D eigenvalue weighted by Gasteiger charge is -2.28. The number of aliphatic carboxylic acids is 1. The van der Waals surface area contributed by atoms with E-state index in [1.807, 2.05) is 60.7 Å². The zero-order chi connectivity index (χ0) is 18.1. The van der Waals surface area contributed by atoms with E-state index in [9.17, 15) is 14.7 Å². The number of benzene rings is 2. The molecule has 1 amide bonds. The number of carboxylic acid groups (broad SMARTS) is 1. The van der Waals surface area contributed by atoms with Gasteiger partial charge in [-0.15, -0.1) is 6.58 Å². The SMILES string of the molecule is C=CCCC(=O)N[C@H](CC(=O)O)C(c1ccccc1)c1ccccc1. The third kappa shape index (κ3) is 5.60. The van der Waals surface area contributed by atoms with Gasteiger partial charge in [0.25, 0.3) is 0 Å². The Hall–Kier alpha value is -2.88. The van der Waals surface area contributed by atoms with Gasteiger partial charge in [-0.2, -0.15) is 0 Å². The maximum Gasteiger partial charge on any atom is 0.305 e. The molecule has 2 aromatic carbocycles. The van der Waals surface area contributed by atoms with Crippen molar-refractivity contribution >= 4 is 11.9 Å². The first-order valence-electron chi connectivity index (χ1n) is 8.33. The minimum atomic E-state index is -0.939. The smallest absolute Gasteiger partial charge is 0.305 e. The summed E-state index contributed by atoms with van der Waals surface area (Å²) in [6.45, 7) is 3.62. The van der Waals surface area contributed by atoms with Crippen LogP contribution in [0.5, 0.6) is 0 Å². The number of hydrogen-bond acceptors (Lipinski definition) is 2. The van der Waals surface area contributed by atoms with E-state index >= 15 is 0 Å². The largest absolute Gasteiger partial charge is 0.481 e. The van der Waals surface area contributed by atoms with Crippen molar-refractivity contribution in [1.29, 1.82) is 0 Å². The first-order chi connectivity index (χ1) is 12.1. The van der Waals surface area contributed by atoms with E-state index in [4.69, 9.17) is 0 Å². The standard InChI is InChI=1S/C21H23NO3/c1-2-3-14-19(23)22-18(15-20(24)25)21(16-10-6-4-7-11-16)17-12-8-5-9-13-17/h2,4-13,18,21H,1,3,14-15H2,(H,22,23)(H,24,25)/t18-/m1/s1. The van der Waals surface area contributed by atoms with E-state index in [1.54, 1.807) is 6.08 Å². The highest BCUT2D eigenvalue weighted by Gasteiger charge is 2.28. The molecule has 2 N–H and O–H groups in total. The van der Waals surface area contributed by atoms with Gasteiger partial charge >= 0.3 is 5.97 Å². The molecule has 0 aliphatic rings. The third-order valence-electron chi connectivity index (χ3n) is 4.04. The fourth-order valence-corrected chi connectivity index (χ4v) is 2.93. The van der Waals surface area contributed by atoms with Crippen molar-refractivity contribution < 1.29 is 14.7 Å². The maximum absolute atomic E-state index is 12.2. The summed E-state index contributed by atoms with van der Waals surface area (Å²) in [5.74, 6) is -1.33. The highest BCUT2D eigenvalue weighted by molar-refractivity contribution is 5.78. The number of carbonyl (C=O) groups excluding carboxylic acids is 1. The van der Waals surface area contributed by atoms with E-state index in [0.717, 1.165) is 11.1 Å². The molecular formula is C21H23NO3. The number of rotatable bonds is 9. The van der Waals surface area contributed by atoms with Crippen molar-refractivity contribution in [3.8, 4) is 0 Å². The van der Waals surface area contributed by atoms with Crippen LogP contribution in [0.3, 0.4) is 0 Å². The number of carboxylic acids is 1. The van der Waals surface area contributed by atoms with Crippen molar-refractivity contribution in [2.75, 3.05) is 0 Å². The van der Waals surface area contributed by atoms with Crippen molar-refractivity contribution in [2.24, 2.45) is 0 Å². The molecule has 0 aliphatic carbocycles. The van der Waals surface area contributed by atoms with Crippen LogP contribution in [0.2, 0.25) is 0 Å². The summed E-state index contributed by atoms with van der Waals surface area (Å²) >= 11 is 0. The molecule has 0 bridgehead atoms. The van der Waals surface area contributed by atoms with E-state index in [0.29, 0.717) is 12.8 Å². The summed E-state index contributed by atoms with van der Waals surface area (Å²) in [5, 5.41) is 12.3. The van der Waals surface area contributed by atoms with Crippen LogP contribution in [0.1, 0.15) is 36.3 Å². The molecule has 0 unspecified atom stereocenters. The van der Waals surface area contributed by atoms with Crippen molar-refractivity contribution in [2.45, 2.75) is 31.2 Å². The molecule has 4 heteroatoms. The van der Waals surface area contributed by atoms with Crippen LogP contribution in [0, 0.1) is 0 Å². The van der Waals surface area contributed by atoms with Gasteiger partial charge < -0.3 is 10.4 Å². The normalized spacial score (nSPS) is 11.7. The van der Waals surface area contributed by atoms with Gasteiger partial charge in [-0.3, -0.25) is 9.59 Å². The fraction of sp³-hybridized carbons (Fsp3) is 0.238. The molecule has 2 aromatic rings. The molecule has 4 nitrogen and oxygen atoms in total. The highest BCUT2D eigenvalue weighted by Crippen LogP contribution is 2.29. The lowest BCUT2D eigenvalue weighted by Crippen LogP contribution is -2.41. The van der Waals surface area contributed by atoms with Gasteiger partial charge in [0, 0.05) is 12.3 Å². The molecule has 0 saturated carbocycles. The second kappa shape index (κ2) is 9.42. The topological polar surface area (TPSA) is 66.4 Å². The first-order valence-corrected chi connectivity index (χ1v) is 8.33. The Kier molecular flexibility index (Phi) is 6.96. The summed E-state index contributed by atoms with van der Waals surface area (Å²) in [4.78, 5) is 23.6. The fourth-order valence-electron chi connectivity index (χ4n) is 2.93. The molecule has 0 heterocycles. The lowest BCUT2D eigenvalue weighted by atomic mass is 9.83. The van der Waals surface area contributed by atoms with Gasteiger partial charge in [0.05, 0.1) is 12.5 Å². The average Bonchev–Trinajstić information content (AvgIpc) is 2.61. The second-order valence-corrected chi connectivity index (χ2v) is 5.90. The lowest BCUT2D eigenvalue weighted by molar-refractivity contribution is -0.137. The van der Waals surface area contributed by atoms with Crippen LogP contribution in [-0.2, 0) is 9.59 Å². The molecule has 0 aliphatic heterocycles. The summed E-state index contributed by atoms with van der Waals surface area (Å²) in [5.41, 5.74) is 1.95. The van der Waals surface area contributed by atoms with E-state index in [2.05, 4.69) is 11.9 Å². The number of amides is 1. The van der Waals surface area contributed by atoms with E-state index in [-0.39, 0.29) is 18.2 Å². The van der Waals surface area contributed by atoms with Gasteiger partial charge in [-0.05, 0) is 17.5 Å². The number of hydrogen-bond donors (Lipinski definition) is 2. The van der Waals surface area contributed by atoms with Gasteiger partial charge in [0.15, 0.2) is 0 Å². The maximum atomic E-state index is 12.2. The molecule has 0 aromatic heterocycles. The number of nitrogens with one attached hydrogen (secondary N) is 1. The molecule has 0 saturated heterocycles. The van der Waals surface area contributed by atoms with Crippen molar-refractivity contribution in [3.05, 3.63) is 84.4 Å². The minimum Gasteiger partial charge on any atom is -0.481 e.